The molecule has 0 spiro atoms. The summed E-state index contributed by atoms with van der Waals surface area (Å²) in [4.78, 5) is 10.5. The third-order valence-corrected chi connectivity index (χ3v) is 8.40. The number of hydrogen-bond donors (Lipinski definition) is 0. The van der Waals surface area contributed by atoms with Crippen LogP contribution in [-0.4, -0.2) is 35.7 Å². The Kier molecular flexibility index (Phi) is 4.96. The summed E-state index contributed by atoms with van der Waals surface area (Å²) in [6.45, 7) is 0.397. The summed E-state index contributed by atoms with van der Waals surface area (Å²) < 4.78 is 28.4. The maximum Gasteiger partial charge on any atom is 0.270 e. The Hall–Kier alpha value is -1.90. The highest BCUT2D eigenvalue weighted by Crippen LogP contribution is 2.44. The van der Waals surface area contributed by atoms with E-state index in [1.807, 2.05) is 30.0 Å². The van der Waals surface area contributed by atoms with Gasteiger partial charge in [0.05, 0.1) is 15.9 Å². The van der Waals surface area contributed by atoms with Gasteiger partial charge in [-0.25, -0.2) is 8.42 Å². The second kappa shape index (κ2) is 7.26. The molecule has 0 saturated carbocycles. The van der Waals surface area contributed by atoms with Gasteiger partial charge in [-0.2, -0.15) is 16.1 Å². The van der Waals surface area contributed by atoms with Gasteiger partial charge in [0.25, 0.3) is 5.69 Å². The average molecular weight is 405 g/mol. The fourth-order valence-corrected chi connectivity index (χ4v) is 7.02. The van der Waals surface area contributed by atoms with Gasteiger partial charge in [-0.15, -0.1) is 0 Å². The summed E-state index contributed by atoms with van der Waals surface area (Å²) >= 11 is 1.85. The van der Waals surface area contributed by atoms with Crippen LogP contribution in [0.25, 0.3) is 0 Å². The lowest BCUT2D eigenvalue weighted by molar-refractivity contribution is -0.385. The smallest absolute Gasteiger partial charge is 0.258 e. The van der Waals surface area contributed by atoms with E-state index in [0.29, 0.717) is 13.0 Å². The number of non-ortho nitro benzene ring substituents is 1. The number of nitrogens with zero attached hydrogens (tertiary/aromatic N) is 2. The van der Waals surface area contributed by atoms with E-state index < -0.39 is 14.9 Å². The predicted octanol–water partition coefficient (Wildman–Crippen LogP) is 3.64. The summed E-state index contributed by atoms with van der Waals surface area (Å²) in [5.74, 6) is 2.22. The maximum absolute atomic E-state index is 13.4. The lowest BCUT2D eigenvalue weighted by Gasteiger charge is -2.39. The molecular weight excluding hydrogens is 384 g/mol. The van der Waals surface area contributed by atoms with E-state index >= 15 is 0 Å². The van der Waals surface area contributed by atoms with Gasteiger partial charge in [0.15, 0.2) is 0 Å². The first-order valence-electron chi connectivity index (χ1n) is 8.90. The van der Waals surface area contributed by atoms with E-state index in [4.69, 9.17) is 0 Å². The van der Waals surface area contributed by atoms with E-state index in [9.17, 15) is 18.5 Å². The van der Waals surface area contributed by atoms with Gasteiger partial charge < -0.3 is 0 Å². The molecule has 2 aliphatic rings. The van der Waals surface area contributed by atoms with Gasteiger partial charge in [0.2, 0.25) is 10.0 Å². The van der Waals surface area contributed by atoms with E-state index in [1.54, 1.807) is 4.31 Å². The number of nitro benzene ring substituents is 1. The number of fused-ring (bicyclic) bond motifs is 1. The molecule has 0 aliphatic carbocycles. The van der Waals surface area contributed by atoms with Crippen LogP contribution in [0.4, 0.5) is 5.69 Å². The standard InChI is InChI=1S/C19H20N2O4S2/c22-21(23)16-5-3-6-17(12-16)27(24,25)20-10-8-14-4-1-2-7-18(14)19(20)15-9-11-26-13-15/h1-7,12,15,19H,8-11,13H2. The lowest BCUT2D eigenvalue weighted by atomic mass is 9.86. The van der Waals surface area contributed by atoms with Crippen LogP contribution >= 0.6 is 11.8 Å². The Morgan fingerprint density at radius 3 is 2.70 bits per heavy atom. The highest BCUT2D eigenvalue weighted by atomic mass is 32.2. The fourth-order valence-electron chi connectivity index (χ4n) is 4.03. The van der Waals surface area contributed by atoms with Crippen LogP contribution in [0.1, 0.15) is 23.6 Å². The van der Waals surface area contributed by atoms with E-state index in [2.05, 4.69) is 6.07 Å². The molecule has 0 N–H and O–H groups in total. The first-order chi connectivity index (χ1) is 13.0. The van der Waals surface area contributed by atoms with Crippen molar-refractivity contribution in [3.63, 3.8) is 0 Å². The van der Waals surface area contributed by atoms with Crippen molar-refractivity contribution in [2.24, 2.45) is 5.92 Å². The molecule has 2 unspecified atom stereocenters. The van der Waals surface area contributed by atoms with Crippen molar-refractivity contribution in [3.05, 3.63) is 69.8 Å². The third-order valence-electron chi connectivity index (χ3n) is 5.33. The van der Waals surface area contributed by atoms with Gasteiger partial charge in [0, 0.05) is 18.7 Å². The molecule has 8 heteroatoms. The highest BCUT2D eigenvalue weighted by Gasteiger charge is 2.41. The topological polar surface area (TPSA) is 80.5 Å². The van der Waals surface area contributed by atoms with Crippen LogP contribution in [-0.2, 0) is 16.4 Å². The number of hydrogen-bond acceptors (Lipinski definition) is 5. The number of benzene rings is 2. The first kappa shape index (κ1) is 18.5. The van der Waals surface area contributed by atoms with E-state index in [0.717, 1.165) is 29.6 Å². The molecule has 4 rings (SSSR count). The summed E-state index contributed by atoms with van der Waals surface area (Å²) in [6, 6.07) is 13.2. The average Bonchev–Trinajstić information content (AvgIpc) is 3.21. The summed E-state index contributed by atoms with van der Waals surface area (Å²) in [6.07, 6.45) is 1.63. The molecule has 1 saturated heterocycles. The second-order valence-electron chi connectivity index (χ2n) is 6.89. The number of thioether (sulfide) groups is 1. The molecule has 27 heavy (non-hydrogen) atoms. The molecule has 2 aliphatic heterocycles. The van der Waals surface area contributed by atoms with Gasteiger partial charge in [-0.3, -0.25) is 10.1 Å². The minimum Gasteiger partial charge on any atom is -0.258 e. The zero-order valence-electron chi connectivity index (χ0n) is 14.7. The van der Waals surface area contributed by atoms with Gasteiger partial charge in [-0.1, -0.05) is 30.3 Å². The zero-order valence-corrected chi connectivity index (χ0v) is 16.3. The van der Waals surface area contributed by atoms with Crippen molar-refractivity contribution in [1.82, 2.24) is 4.31 Å². The normalized spacial score (nSPS) is 23.1. The van der Waals surface area contributed by atoms with E-state index in [-0.39, 0.29) is 22.5 Å². The Morgan fingerprint density at radius 2 is 1.96 bits per heavy atom. The molecule has 2 aromatic carbocycles. The molecule has 0 bridgehead atoms. The number of rotatable bonds is 4. The number of nitro groups is 1. The van der Waals surface area contributed by atoms with Crippen LogP contribution in [0.5, 0.6) is 0 Å². The Morgan fingerprint density at radius 1 is 1.15 bits per heavy atom. The molecule has 0 radical (unpaired) electrons. The molecule has 0 aromatic heterocycles. The SMILES string of the molecule is O=[N+]([O-])c1cccc(S(=O)(=O)N2CCc3ccccc3C2C2CCSC2)c1. The number of sulfonamides is 1. The summed E-state index contributed by atoms with van der Waals surface area (Å²) in [5.41, 5.74) is 2.07. The Labute approximate surface area is 162 Å². The van der Waals surface area contributed by atoms with E-state index in [1.165, 1.54) is 23.8 Å². The molecule has 2 heterocycles. The second-order valence-corrected chi connectivity index (χ2v) is 9.93. The van der Waals surface area contributed by atoms with Gasteiger partial charge >= 0.3 is 0 Å². The highest BCUT2D eigenvalue weighted by molar-refractivity contribution is 7.99. The van der Waals surface area contributed by atoms with Gasteiger partial charge in [-0.05, 0) is 47.5 Å². The van der Waals surface area contributed by atoms with Crippen LogP contribution in [0.3, 0.4) is 0 Å². The van der Waals surface area contributed by atoms with Crippen LogP contribution < -0.4 is 0 Å². The van der Waals surface area contributed by atoms with Crippen molar-refractivity contribution >= 4 is 27.5 Å². The Balaban J connectivity index is 1.79. The zero-order chi connectivity index (χ0) is 19.0. The molecule has 2 atom stereocenters. The first-order valence-corrected chi connectivity index (χ1v) is 11.5. The predicted molar refractivity (Wildman–Crippen MR) is 105 cm³/mol. The van der Waals surface area contributed by atoms with Crippen molar-refractivity contribution in [3.8, 4) is 0 Å². The monoisotopic (exact) mass is 404 g/mol. The molecule has 1 fully saturated rings. The molecule has 142 valence electrons. The summed E-state index contributed by atoms with van der Waals surface area (Å²) in [7, 11) is -3.83. The molecular formula is C19H20N2O4S2. The largest absolute Gasteiger partial charge is 0.270 e. The third kappa shape index (κ3) is 3.37. The summed E-state index contributed by atoms with van der Waals surface area (Å²) in [5, 5.41) is 11.1. The van der Waals surface area contributed by atoms with Crippen molar-refractivity contribution in [2.45, 2.75) is 23.8 Å². The molecule has 2 aromatic rings. The van der Waals surface area contributed by atoms with Crippen LogP contribution in [0.2, 0.25) is 0 Å². The van der Waals surface area contributed by atoms with Crippen LogP contribution in [0, 0.1) is 16.0 Å². The van der Waals surface area contributed by atoms with Gasteiger partial charge in [0.1, 0.15) is 0 Å². The van der Waals surface area contributed by atoms with Crippen LogP contribution in [0.15, 0.2) is 53.4 Å². The minimum atomic E-state index is -3.83. The molecule has 6 nitrogen and oxygen atoms in total. The quantitative estimate of drug-likeness (QED) is 0.574. The van der Waals surface area contributed by atoms with Crippen molar-refractivity contribution < 1.29 is 13.3 Å². The minimum absolute atomic E-state index is 0.00766. The van der Waals surface area contributed by atoms with Crippen molar-refractivity contribution in [2.75, 3.05) is 18.1 Å². The lowest BCUT2D eigenvalue weighted by Crippen LogP contribution is -2.43. The maximum atomic E-state index is 13.4. The fraction of sp³-hybridized carbons (Fsp3) is 0.368. The molecule has 0 amide bonds. The Bertz CT molecular complexity index is 971. The van der Waals surface area contributed by atoms with Crippen molar-refractivity contribution in [1.29, 1.82) is 0 Å².